The molecule has 0 aliphatic heterocycles. The van der Waals surface area contributed by atoms with Crippen LogP contribution in [0, 0.1) is 0 Å². The van der Waals surface area contributed by atoms with Crippen molar-refractivity contribution in [2.24, 2.45) is 4.99 Å². The number of nitrogens with one attached hydrogen (secondary N) is 1. The maximum Gasteiger partial charge on any atom is 0.133 e. The first-order valence-electron chi connectivity index (χ1n) is 4.42. The lowest BCUT2D eigenvalue weighted by Crippen LogP contribution is -2.10. The van der Waals surface area contributed by atoms with Crippen molar-refractivity contribution in [2.45, 2.75) is 6.92 Å². The van der Waals surface area contributed by atoms with Crippen LogP contribution in [0.25, 0.3) is 0 Å². The summed E-state index contributed by atoms with van der Waals surface area (Å²) >= 11 is 5.74. The fourth-order valence-corrected chi connectivity index (χ4v) is 1.10. The largest absolute Gasteiger partial charge is 0.384 e. The van der Waals surface area contributed by atoms with Crippen molar-refractivity contribution in [3.8, 4) is 0 Å². The molecule has 1 heterocycles. The van der Waals surface area contributed by atoms with Gasteiger partial charge in [0.2, 0.25) is 0 Å². The summed E-state index contributed by atoms with van der Waals surface area (Å²) in [6.45, 7) is 1.78. The van der Waals surface area contributed by atoms with Crippen LogP contribution in [0.3, 0.4) is 0 Å². The standard InChI is InChI=1S/C10H13ClN4/c1-7(11)6-10(13-2)15-9-5-3-4-8(12)14-9/h3-6H,1-2H3,(H3,12,13,14,15). The van der Waals surface area contributed by atoms with Crippen molar-refractivity contribution < 1.29 is 0 Å². The zero-order valence-corrected chi connectivity index (χ0v) is 9.42. The van der Waals surface area contributed by atoms with Gasteiger partial charge in [-0.3, -0.25) is 4.99 Å². The fraction of sp³-hybridized carbons (Fsp3) is 0.200. The number of nitrogen functional groups attached to an aromatic ring is 1. The minimum atomic E-state index is 0.460. The van der Waals surface area contributed by atoms with Crippen molar-refractivity contribution in [1.29, 1.82) is 0 Å². The highest BCUT2D eigenvalue weighted by atomic mass is 35.5. The smallest absolute Gasteiger partial charge is 0.133 e. The maximum atomic E-state index is 5.74. The lowest BCUT2D eigenvalue weighted by molar-refractivity contribution is 1.32. The number of halogens is 1. The summed E-state index contributed by atoms with van der Waals surface area (Å²) in [5, 5.41) is 3.64. The van der Waals surface area contributed by atoms with E-state index in [4.69, 9.17) is 17.3 Å². The molecule has 0 spiro atoms. The van der Waals surface area contributed by atoms with Crippen molar-refractivity contribution in [1.82, 2.24) is 4.98 Å². The molecule has 4 nitrogen and oxygen atoms in total. The van der Waals surface area contributed by atoms with Gasteiger partial charge in [-0.25, -0.2) is 4.98 Å². The zero-order valence-electron chi connectivity index (χ0n) is 8.66. The number of pyridine rings is 1. The van der Waals surface area contributed by atoms with Gasteiger partial charge in [-0.2, -0.15) is 0 Å². The van der Waals surface area contributed by atoms with Crippen LogP contribution in [0.4, 0.5) is 11.6 Å². The van der Waals surface area contributed by atoms with E-state index in [1.807, 2.05) is 6.07 Å². The second kappa shape index (κ2) is 5.36. The first-order valence-corrected chi connectivity index (χ1v) is 4.80. The third-order valence-electron chi connectivity index (χ3n) is 1.60. The van der Waals surface area contributed by atoms with Crippen molar-refractivity contribution in [2.75, 3.05) is 18.1 Å². The number of aromatic nitrogens is 1. The number of amidine groups is 1. The monoisotopic (exact) mass is 224 g/mol. The summed E-state index contributed by atoms with van der Waals surface area (Å²) < 4.78 is 0. The van der Waals surface area contributed by atoms with E-state index < -0.39 is 0 Å². The van der Waals surface area contributed by atoms with Gasteiger partial charge in [-0.05, 0) is 25.1 Å². The average Bonchev–Trinajstić information content (AvgIpc) is 2.16. The fourth-order valence-electron chi connectivity index (χ4n) is 0.997. The molecule has 0 saturated heterocycles. The zero-order chi connectivity index (χ0) is 11.3. The van der Waals surface area contributed by atoms with Gasteiger partial charge in [0.25, 0.3) is 0 Å². The van der Waals surface area contributed by atoms with E-state index in [1.165, 1.54) is 0 Å². The molecule has 1 aromatic rings. The molecule has 0 atom stereocenters. The van der Waals surface area contributed by atoms with Gasteiger partial charge >= 0.3 is 0 Å². The van der Waals surface area contributed by atoms with Crippen LogP contribution < -0.4 is 11.1 Å². The lowest BCUT2D eigenvalue weighted by atomic mass is 10.4. The molecule has 0 radical (unpaired) electrons. The number of hydrogen-bond donors (Lipinski definition) is 2. The summed E-state index contributed by atoms with van der Waals surface area (Å²) in [7, 11) is 1.67. The predicted molar refractivity (Wildman–Crippen MR) is 65.2 cm³/mol. The van der Waals surface area contributed by atoms with Crippen LogP contribution in [-0.4, -0.2) is 17.9 Å². The van der Waals surface area contributed by atoms with Crippen molar-refractivity contribution in [3.63, 3.8) is 0 Å². The molecule has 15 heavy (non-hydrogen) atoms. The molecule has 0 amide bonds. The highest BCUT2D eigenvalue weighted by Crippen LogP contribution is 2.07. The molecule has 0 aliphatic rings. The Bertz CT molecular complexity index is 394. The Morgan fingerprint density at radius 2 is 2.33 bits per heavy atom. The summed E-state index contributed by atoms with van der Waals surface area (Å²) in [5.41, 5.74) is 5.54. The van der Waals surface area contributed by atoms with Gasteiger partial charge in [-0.1, -0.05) is 17.7 Å². The minimum Gasteiger partial charge on any atom is -0.384 e. The Morgan fingerprint density at radius 1 is 1.60 bits per heavy atom. The van der Waals surface area contributed by atoms with Crippen LogP contribution in [0.2, 0.25) is 0 Å². The topological polar surface area (TPSA) is 63.3 Å². The molecule has 5 heteroatoms. The minimum absolute atomic E-state index is 0.460. The van der Waals surface area contributed by atoms with Gasteiger partial charge in [0.05, 0.1) is 0 Å². The Kier molecular flexibility index (Phi) is 4.12. The second-order valence-corrected chi connectivity index (χ2v) is 3.51. The summed E-state index contributed by atoms with van der Waals surface area (Å²) in [5.74, 6) is 1.74. The number of nitrogens with two attached hydrogens (primary N) is 1. The SMILES string of the molecule is CN=C(C=C(C)Cl)Nc1cccc(N)n1. The quantitative estimate of drug-likeness (QED) is 0.598. The Hall–Kier alpha value is -1.55. The average molecular weight is 225 g/mol. The summed E-state index contributed by atoms with van der Waals surface area (Å²) in [6, 6.07) is 5.34. The number of allylic oxidation sites excluding steroid dienone is 1. The number of rotatable bonds is 2. The van der Waals surface area contributed by atoms with Crippen LogP contribution in [0.5, 0.6) is 0 Å². The highest BCUT2D eigenvalue weighted by molar-refractivity contribution is 6.31. The Morgan fingerprint density at radius 3 is 2.87 bits per heavy atom. The van der Waals surface area contributed by atoms with E-state index in [-0.39, 0.29) is 0 Å². The molecule has 0 saturated carbocycles. The first-order chi connectivity index (χ1) is 7.11. The molecule has 1 aromatic heterocycles. The third-order valence-corrected chi connectivity index (χ3v) is 1.71. The Labute approximate surface area is 93.9 Å². The van der Waals surface area contributed by atoms with E-state index in [9.17, 15) is 0 Å². The van der Waals surface area contributed by atoms with Crippen LogP contribution >= 0.6 is 11.6 Å². The second-order valence-electron chi connectivity index (χ2n) is 2.91. The molecule has 0 bridgehead atoms. The predicted octanol–water partition coefficient (Wildman–Crippen LogP) is 2.25. The number of aliphatic imine (C=N–C) groups is 1. The van der Waals surface area contributed by atoms with Gasteiger partial charge in [0.15, 0.2) is 0 Å². The Balaban J connectivity index is 2.81. The number of anilines is 2. The van der Waals surface area contributed by atoms with E-state index in [2.05, 4.69) is 15.3 Å². The van der Waals surface area contributed by atoms with Gasteiger partial charge in [-0.15, -0.1) is 0 Å². The maximum absolute atomic E-state index is 5.74. The van der Waals surface area contributed by atoms with Crippen LogP contribution in [-0.2, 0) is 0 Å². The van der Waals surface area contributed by atoms with E-state index in [0.717, 1.165) is 0 Å². The van der Waals surface area contributed by atoms with Crippen LogP contribution in [0.1, 0.15) is 6.92 Å². The summed E-state index contributed by atoms with van der Waals surface area (Å²) in [6.07, 6.45) is 1.71. The molecule has 3 N–H and O–H groups in total. The highest BCUT2D eigenvalue weighted by Gasteiger charge is 1.97. The van der Waals surface area contributed by atoms with Gasteiger partial charge < -0.3 is 11.1 Å². The normalized spacial score (nSPS) is 12.7. The van der Waals surface area contributed by atoms with E-state index in [0.29, 0.717) is 22.5 Å². The third kappa shape index (κ3) is 3.99. The number of hydrogen-bond acceptors (Lipinski definition) is 3. The molecule has 0 aliphatic carbocycles. The van der Waals surface area contributed by atoms with Crippen molar-refractivity contribution >= 4 is 29.1 Å². The molecule has 80 valence electrons. The van der Waals surface area contributed by atoms with Gasteiger partial charge in [0.1, 0.15) is 17.5 Å². The number of nitrogens with zero attached hydrogens (tertiary/aromatic N) is 2. The van der Waals surface area contributed by atoms with Gasteiger partial charge in [0, 0.05) is 12.1 Å². The molecule has 1 rings (SSSR count). The van der Waals surface area contributed by atoms with Crippen molar-refractivity contribution in [3.05, 3.63) is 29.3 Å². The molecular formula is C10H13ClN4. The molecule has 0 fully saturated rings. The van der Waals surface area contributed by atoms with E-state index in [1.54, 1.807) is 32.2 Å². The molecular weight excluding hydrogens is 212 g/mol. The van der Waals surface area contributed by atoms with E-state index >= 15 is 0 Å². The summed E-state index contributed by atoms with van der Waals surface area (Å²) in [4.78, 5) is 8.10. The first kappa shape index (κ1) is 11.5. The van der Waals surface area contributed by atoms with Crippen LogP contribution in [0.15, 0.2) is 34.3 Å². The molecule has 0 aromatic carbocycles. The molecule has 0 unspecified atom stereocenters. The lowest BCUT2D eigenvalue weighted by Gasteiger charge is -2.05.